The Morgan fingerprint density at radius 1 is 1.60 bits per heavy atom. The summed E-state index contributed by atoms with van der Waals surface area (Å²) in [5.41, 5.74) is 8.55. The SMILES string of the molecule is Cn1cc(CCC2=CC(N)CNC2)cn1. The largest absolute Gasteiger partial charge is 0.323 e. The highest BCUT2D eigenvalue weighted by Gasteiger charge is 2.09. The van der Waals surface area contributed by atoms with Crippen LogP contribution in [0.2, 0.25) is 0 Å². The van der Waals surface area contributed by atoms with Crippen molar-refractivity contribution in [1.82, 2.24) is 15.1 Å². The van der Waals surface area contributed by atoms with Gasteiger partial charge in [-0.3, -0.25) is 4.68 Å². The van der Waals surface area contributed by atoms with E-state index < -0.39 is 0 Å². The van der Waals surface area contributed by atoms with Gasteiger partial charge in [0.1, 0.15) is 0 Å². The average Bonchev–Trinajstić information content (AvgIpc) is 2.62. The minimum atomic E-state index is 0.183. The molecule has 0 spiro atoms. The van der Waals surface area contributed by atoms with E-state index in [1.165, 1.54) is 11.1 Å². The van der Waals surface area contributed by atoms with Gasteiger partial charge < -0.3 is 11.1 Å². The lowest BCUT2D eigenvalue weighted by Gasteiger charge is -2.18. The first-order valence-corrected chi connectivity index (χ1v) is 5.37. The summed E-state index contributed by atoms with van der Waals surface area (Å²) in [5.74, 6) is 0. The molecule has 0 aromatic carbocycles. The Hall–Kier alpha value is -1.13. The van der Waals surface area contributed by atoms with E-state index in [1.807, 2.05) is 17.9 Å². The van der Waals surface area contributed by atoms with Crippen LogP contribution >= 0.6 is 0 Å². The van der Waals surface area contributed by atoms with Gasteiger partial charge in [-0.1, -0.05) is 11.6 Å². The molecular formula is C11H18N4. The molecule has 1 aromatic rings. The van der Waals surface area contributed by atoms with Crippen LogP contribution in [0.1, 0.15) is 12.0 Å². The molecule has 1 aliphatic heterocycles. The van der Waals surface area contributed by atoms with Crippen molar-refractivity contribution in [1.29, 1.82) is 0 Å². The van der Waals surface area contributed by atoms with Crippen molar-refractivity contribution in [3.05, 3.63) is 29.6 Å². The van der Waals surface area contributed by atoms with Gasteiger partial charge in [0.05, 0.1) is 6.20 Å². The molecule has 1 unspecified atom stereocenters. The first kappa shape index (κ1) is 10.4. The molecule has 2 rings (SSSR count). The summed E-state index contributed by atoms with van der Waals surface area (Å²) in [6.45, 7) is 1.88. The number of nitrogens with two attached hydrogens (primary N) is 1. The van der Waals surface area contributed by atoms with Gasteiger partial charge in [-0.15, -0.1) is 0 Å². The highest BCUT2D eigenvalue weighted by molar-refractivity contribution is 5.15. The number of aromatic nitrogens is 2. The summed E-state index contributed by atoms with van der Waals surface area (Å²) in [4.78, 5) is 0. The topological polar surface area (TPSA) is 55.9 Å². The number of nitrogens with zero attached hydrogens (tertiary/aromatic N) is 2. The standard InChI is InChI=1S/C11H18N4/c1-15-8-10(6-14-15)3-2-9-4-11(12)7-13-5-9/h4,6,8,11,13H,2-3,5,7,12H2,1H3. The first-order valence-electron chi connectivity index (χ1n) is 5.37. The molecule has 1 aromatic heterocycles. The molecule has 0 bridgehead atoms. The molecule has 1 atom stereocenters. The average molecular weight is 206 g/mol. The molecule has 0 saturated carbocycles. The molecule has 4 heteroatoms. The predicted octanol–water partition coefficient (Wildman–Crippen LogP) is 0.210. The number of nitrogens with one attached hydrogen (secondary N) is 1. The minimum absolute atomic E-state index is 0.183. The molecule has 3 N–H and O–H groups in total. The van der Waals surface area contributed by atoms with E-state index in [-0.39, 0.29) is 6.04 Å². The predicted molar refractivity (Wildman–Crippen MR) is 60.5 cm³/mol. The summed E-state index contributed by atoms with van der Waals surface area (Å²) in [5, 5.41) is 7.46. The summed E-state index contributed by atoms with van der Waals surface area (Å²) < 4.78 is 1.84. The third-order valence-electron chi connectivity index (χ3n) is 2.68. The van der Waals surface area contributed by atoms with Gasteiger partial charge in [0, 0.05) is 32.4 Å². The van der Waals surface area contributed by atoms with E-state index in [1.54, 1.807) is 0 Å². The molecule has 2 heterocycles. The van der Waals surface area contributed by atoms with Crippen LogP contribution in [0.4, 0.5) is 0 Å². The number of rotatable bonds is 3. The van der Waals surface area contributed by atoms with E-state index in [2.05, 4.69) is 22.7 Å². The first-order chi connectivity index (χ1) is 7.24. The monoisotopic (exact) mass is 206 g/mol. The Labute approximate surface area is 90.2 Å². The van der Waals surface area contributed by atoms with E-state index >= 15 is 0 Å². The van der Waals surface area contributed by atoms with Gasteiger partial charge in [-0.05, 0) is 18.4 Å². The van der Waals surface area contributed by atoms with Crippen LogP contribution in [0.25, 0.3) is 0 Å². The van der Waals surface area contributed by atoms with E-state index in [0.717, 1.165) is 25.9 Å². The van der Waals surface area contributed by atoms with E-state index in [4.69, 9.17) is 5.73 Å². The van der Waals surface area contributed by atoms with Crippen molar-refractivity contribution in [3.8, 4) is 0 Å². The maximum atomic E-state index is 5.84. The van der Waals surface area contributed by atoms with Crippen LogP contribution in [0.5, 0.6) is 0 Å². The molecular weight excluding hydrogens is 188 g/mol. The van der Waals surface area contributed by atoms with Crippen LogP contribution in [-0.4, -0.2) is 28.9 Å². The molecule has 82 valence electrons. The molecule has 1 aliphatic rings. The Kier molecular flexibility index (Phi) is 3.18. The van der Waals surface area contributed by atoms with Crippen LogP contribution in [0.3, 0.4) is 0 Å². The quantitative estimate of drug-likeness (QED) is 0.695. The fourth-order valence-corrected chi connectivity index (χ4v) is 1.90. The maximum absolute atomic E-state index is 5.84. The van der Waals surface area contributed by atoms with Crippen LogP contribution in [0.15, 0.2) is 24.0 Å². The molecule has 0 amide bonds. The van der Waals surface area contributed by atoms with Gasteiger partial charge >= 0.3 is 0 Å². The van der Waals surface area contributed by atoms with Crippen molar-refractivity contribution in [2.45, 2.75) is 18.9 Å². The van der Waals surface area contributed by atoms with Crippen molar-refractivity contribution in [3.63, 3.8) is 0 Å². The lowest BCUT2D eigenvalue weighted by Crippen LogP contribution is -2.37. The zero-order valence-electron chi connectivity index (χ0n) is 9.11. The fraction of sp³-hybridized carbons (Fsp3) is 0.545. The molecule has 0 aliphatic carbocycles. The highest BCUT2D eigenvalue weighted by Crippen LogP contribution is 2.10. The Morgan fingerprint density at radius 3 is 3.13 bits per heavy atom. The zero-order valence-corrected chi connectivity index (χ0v) is 9.11. The second kappa shape index (κ2) is 4.59. The fourth-order valence-electron chi connectivity index (χ4n) is 1.90. The summed E-state index contributed by atoms with van der Waals surface area (Å²) >= 11 is 0. The van der Waals surface area contributed by atoms with Crippen molar-refractivity contribution in [2.24, 2.45) is 12.8 Å². The minimum Gasteiger partial charge on any atom is -0.323 e. The van der Waals surface area contributed by atoms with E-state index in [9.17, 15) is 0 Å². The smallest absolute Gasteiger partial charge is 0.0521 e. The normalized spacial score (nSPS) is 21.5. The van der Waals surface area contributed by atoms with Crippen molar-refractivity contribution < 1.29 is 0 Å². The third-order valence-corrected chi connectivity index (χ3v) is 2.68. The lowest BCUT2D eigenvalue weighted by molar-refractivity contribution is 0.619. The third kappa shape index (κ3) is 2.91. The van der Waals surface area contributed by atoms with Crippen LogP contribution in [0, 0.1) is 0 Å². The lowest BCUT2D eigenvalue weighted by atomic mass is 10.0. The second-order valence-electron chi connectivity index (χ2n) is 4.14. The summed E-state index contributed by atoms with van der Waals surface area (Å²) in [6.07, 6.45) is 8.31. The number of hydrogen-bond acceptors (Lipinski definition) is 3. The molecule has 0 fully saturated rings. The van der Waals surface area contributed by atoms with Gasteiger partial charge in [-0.25, -0.2) is 0 Å². The zero-order chi connectivity index (χ0) is 10.7. The number of aryl methyl sites for hydroxylation is 2. The highest BCUT2D eigenvalue weighted by atomic mass is 15.2. The Balaban J connectivity index is 1.87. The van der Waals surface area contributed by atoms with E-state index in [0.29, 0.717) is 0 Å². The second-order valence-corrected chi connectivity index (χ2v) is 4.14. The van der Waals surface area contributed by atoms with Crippen LogP contribution in [-0.2, 0) is 13.5 Å². The van der Waals surface area contributed by atoms with Crippen molar-refractivity contribution >= 4 is 0 Å². The molecule has 4 nitrogen and oxygen atoms in total. The Morgan fingerprint density at radius 2 is 2.47 bits per heavy atom. The molecule has 15 heavy (non-hydrogen) atoms. The summed E-state index contributed by atoms with van der Waals surface area (Å²) in [6, 6.07) is 0.183. The molecule has 0 saturated heterocycles. The van der Waals surface area contributed by atoms with Gasteiger partial charge in [0.2, 0.25) is 0 Å². The van der Waals surface area contributed by atoms with Gasteiger partial charge in [0.25, 0.3) is 0 Å². The van der Waals surface area contributed by atoms with Gasteiger partial charge in [0.15, 0.2) is 0 Å². The molecule has 0 radical (unpaired) electrons. The summed E-state index contributed by atoms with van der Waals surface area (Å²) in [7, 11) is 1.95. The number of hydrogen-bond donors (Lipinski definition) is 2. The van der Waals surface area contributed by atoms with Gasteiger partial charge in [-0.2, -0.15) is 5.10 Å². The Bertz CT molecular complexity index is 353. The maximum Gasteiger partial charge on any atom is 0.0521 e. The van der Waals surface area contributed by atoms with Crippen LogP contribution < -0.4 is 11.1 Å². The van der Waals surface area contributed by atoms with Crippen molar-refractivity contribution in [2.75, 3.05) is 13.1 Å².